The number of carbonyl (C=O) groups is 4. The van der Waals surface area contributed by atoms with Crippen LogP contribution in [0.3, 0.4) is 0 Å². The molecule has 4 N–H and O–H groups in total. The lowest BCUT2D eigenvalue weighted by atomic mass is 9.98. The van der Waals surface area contributed by atoms with Crippen molar-refractivity contribution >= 4 is 34.6 Å². The summed E-state index contributed by atoms with van der Waals surface area (Å²) in [4.78, 5) is 67.6. The third kappa shape index (κ3) is 9.08. The summed E-state index contributed by atoms with van der Waals surface area (Å²) >= 11 is 0. The first kappa shape index (κ1) is 30.4. The standard InChI is InChI=1S/C22H32N4O8/c1-11(15(5)27)21(33-23)19(9-31-25-13(3)17(7)29)20(10-32-26-14(4)18(8)30)22(34-24)12(2)16(6)28/h9-10,23-24H2,1-8H3. The fraction of sp³-hybridized carbons (Fsp3) is 0.455. The van der Waals surface area contributed by atoms with Crippen molar-refractivity contribution in [3.8, 4) is 0 Å². The molecule has 0 fully saturated rings. The first-order chi connectivity index (χ1) is 15.8. The van der Waals surface area contributed by atoms with Crippen molar-refractivity contribution in [3.63, 3.8) is 0 Å². The molecule has 0 atom stereocenters. The Morgan fingerprint density at radius 3 is 1.06 bits per heavy atom. The summed E-state index contributed by atoms with van der Waals surface area (Å²) in [5.41, 5.74) is 0.510. The normalized spacial score (nSPS) is 14.3. The molecule has 12 nitrogen and oxygen atoms in total. The van der Waals surface area contributed by atoms with Gasteiger partial charge in [0.05, 0.1) is 0 Å². The minimum absolute atomic E-state index is 0.0760. The van der Waals surface area contributed by atoms with E-state index >= 15 is 0 Å². The van der Waals surface area contributed by atoms with Gasteiger partial charge in [-0.05, 0) is 41.5 Å². The van der Waals surface area contributed by atoms with Crippen LogP contribution in [0.25, 0.3) is 0 Å². The van der Waals surface area contributed by atoms with Gasteiger partial charge in [-0.25, -0.2) is 0 Å². The predicted molar refractivity (Wildman–Crippen MR) is 124 cm³/mol. The van der Waals surface area contributed by atoms with Gasteiger partial charge >= 0.3 is 0 Å². The number of nitrogens with zero attached hydrogens (tertiary/aromatic N) is 2. The molecule has 0 aliphatic carbocycles. The van der Waals surface area contributed by atoms with Gasteiger partial charge < -0.3 is 19.4 Å². The monoisotopic (exact) mass is 480 g/mol. The van der Waals surface area contributed by atoms with Crippen LogP contribution >= 0.6 is 0 Å². The van der Waals surface area contributed by atoms with E-state index in [1.54, 1.807) is 0 Å². The number of rotatable bonds is 14. The number of ketones is 4. The van der Waals surface area contributed by atoms with Crippen LogP contribution in [0.4, 0.5) is 0 Å². The summed E-state index contributed by atoms with van der Waals surface area (Å²) in [6, 6.07) is 0. The second kappa shape index (κ2) is 14.5. The van der Waals surface area contributed by atoms with E-state index in [1.165, 1.54) is 55.4 Å². The van der Waals surface area contributed by atoms with Crippen LogP contribution in [-0.2, 0) is 38.5 Å². The molecule has 0 bridgehead atoms. The number of allylic oxidation sites excluding steroid dienone is 2. The van der Waals surface area contributed by atoms with Crippen LogP contribution in [0.5, 0.6) is 0 Å². The molecule has 0 aromatic heterocycles. The zero-order chi connectivity index (χ0) is 26.6. The molecule has 0 radical (unpaired) electrons. The molecule has 0 rings (SSSR count). The highest BCUT2D eigenvalue weighted by Crippen LogP contribution is 2.27. The Bertz CT molecular complexity index is 909. The number of Topliss-reactive ketones (excluding diaryl/α,β-unsaturated/α-hetero) is 4. The Kier molecular flexibility index (Phi) is 12.9. The van der Waals surface area contributed by atoms with Crippen LogP contribution in [0.15, 0.2) is 44.1 Å². The number of nitrogens with two attached hydrogens (primary N) is 2. The summed E-state index contributed by atoms with van der Waals surface area (Å²) < 4.78 is 0. The maximum atomic E-state index is 12.1. The smallest absolute Gasteiger partial charge is 0.177 e. The SMILES string of the molecule is CC(=O)C(C)=NOCC(=C(CON=C(C)C(C)=O)C(ON)=C(C)C(C)=O)C(ON)=C(C)C(C)=O. The molecule has 0 spiro atoms. The Hall–Kier alpha value is -3.64. The van der Waals surface area contributed by atoms with Gasteiger partial charge in [0.15, 0.2) is 34.7 Å². The number of hydrogen-bond acceptors (Lipinski definition) is 12. The molecule has 0 aliphatic rings. The lowest BCUT2D eigenvalue weighted by molar-refractivity contribution is -0.114. The maximum absolute atomic E-state index is 12.1. The Balaban J connectivity index is 7.14. The quantitative estimate of drug-likeness (QED) is 0.122. The van der Waals surface area contributed by atoms with E-state index in [0.717, 1.165) is 0 Å². The molecule has 12 heteroatoms. The van der Waals surface area contributed by atoms with Gasteiger partial charge in [0, 0.05) is 36.1 Å². The van der Waals surface area contributed by atoms with Gasteiger partial charge in [-0.2, -0.15) is 11.8 Å². The van der Waals surface area contributed by atoms with Gasteiger partial charge in [0.1, 0.15) is 24.6 Å². The van der Waals surface area contributed by atoms with E-state index in [0.29, 0.717) is 0 Å². The van der Waals surface area contributed by atoms with Crippen molar-refractivity contribution in [2.75, 3.05) is 13.2 Å². The van der Waals surface area contributed by atoms with Crippen molar-refractivity contribution in [2.45, 2.75) is 55.4 Å². The molecule has 0 unspecified atom stereocenters. The van der Waals surface area contributed by atoms with Crippen LogP contribution in [0.2, 0.25) is 0 Å². The molecule has 0 amide bonds. The molecule has 0 aromatic carbocycles. The fourth-order valence-electron chi connectivity index (χ4n) is 2.19. The Labute approximate surface area is 198 Å². The van der Waals surface area contributed by atoms with Gasteiger partial charge in [0.25, 0.3) is 0 Å². The summed E-state index contributed by atoms with van der Waals surface area (Å²) in [5.74, 6) is 9.27. The largest absolute Gasteiger partial charge is 0.411 e. The van der Waals surface area contributed by atoms with Crippen molar-refractivity contribution in [1.29, 1.82) is 0 Å². The van der Waals surface area contributed by atoms with Crippen molar-refractivity contribution in [3.05, 3.63) is 33.8 Å². The lowest BCUT2D eigenvalue weighted by Crippen LogP contribution is -2.19. The molecule has 0 aromatic rings. The molecule has 0 saturated carbocycles. The van der Waals surface area contributed by atoms with Gasteiger partial charge in [-0.1, -0.05) is 10.3 Å². The van der Waals surface area contributed by atoms with Crippen LogP contribution in [0.1, 0.15) is 55.4 Å². The summed E-state index contributed by atoms with van der Waals surface area (Å²) in [7, 11) is 0. The van der Waals surface area contributed by atoms with Crippen molar-refractivity contribution in [2.24, 2.45) is 22.1 Å². The maximum Gasteiger partial charge on any atom is 0.177 e. The highest BCUT2D eigenvalue weighted by Gasteiger charge is 2.25. The Morgan fingerprint density at radius 1 is 0.559 bits per heavy atom. The van der Waals surface area contributed by atoms with E-state index in [9.17, 15) is 19.2 Å². The van der Waals surface area contributed by atoms with E-state index < -0.39 is 13.2 Å². The van der Waals surface area contributed by atoms with E-state index in [4.69, 9.17) is 31.1 Å². The Morgan fingerprint density at radius 2 is 0.853 bits per heavy atom. The molecule has 34 heavy (non-hydrogen) atoms. The van der Waals surface area contributed by atoms with Crippen LogP contribution in [-0.4, -0.2) is 47.8 Å². The first-order valence-electron chi connectivity index (χ1n) is 10.0. The molecule has 0 heterocycles. The molecule has 0 aliphatic heterocycles. The van der Waals surface area contributed by atoms with Crippen molar-refractivity contribution < 1.29 is 38.5 Å². The fourth-order valence-corrected chi connectivity index (χ4v) is 2.19. The topological polar surface area (TPSA) is 182 Å². The molecule has 188 valence electrons. The van der Waals surface area contributed by atoms with Crippen molar-refractivity contribution in [1.82, 2.24) is 0 Å². The summed E-state index contributed by atoms with van der Waals surface area (Å²) in [6.45, 7) is 10.2. The number of carbonyl (C=O) groups excluding carboxylic acids is 4. The predicted octanol–water partition coefficient (Wildman–Crippen LogP) is 1.75. The summed E-state index contributed by atoms with van der Waals surface area (Å²) in [6.07, 6.45) is 0. The third-order valence-electron chi connectivity index (χ3n) is 4.73. The highest BCUT2D eigenvalue weighted by molar-refractivity contribution is 6.38. The first-order valence-corrected chi connectivity index (χ1v) is 10.0. The zero-order valence-corrected chi connectivity index (χ0v) is 20.7. The third-order valence-corrected chi connectivity index (χ3v) is 4.73. The summed E-state index contributed by atoms with van der Waals surface area (Å²) in [5, 5.41) is 7.45. The van der Waals surface area contributed by atoms with Gasteiger partial charge in [-0.15, -0.1) is 0 Å². The van der Waals surface area contributed by atoms with E-state index in [-0.39, 0.29) is 68.4 Å². The van der Waals surface area contributed by atoms with E-state index in [2.05, 4.69) is 10.3 Å². The average molecular weight is 481 g/mol. The van der Waals surface area contributed by atoms with Crippen LogP contribution in [0, 0.1) is 0 Å². The molecular weight excluding hydrogens is 448 g/mol. The lowest BCUT2D eigenvalue weighted by Gasteiger charge is -2.19. The number of hydrogen-bond donors (Lipinski definition) is 2. The second-order valence-electron chi connectivity index (χ2n) is 7.23. The number of oxime groups is 2. The molecular formula is C22H32N4O8. The zero-order valence-electron chi connectivity index (χ0n) is 20.7. The second-order valence-corrected chi connectivity index (χ2v) is 7.23. The van der Waals surface area contributed by atoms with Crippen LogP contribution < -0.4 is 11.8 Å². The minimum Gasteiger partial charge on any atom is -0.411 e. The molecule has 0 saturated heterocycles. The highest BCUT2D eigenvalue weighted by atomic mass is 16.6. The van der Waals surface area contributed by atoms with E-state index in [1.807, 2.05) is 0 Å². The van der Waals surface area contributed by atoms with Gasteiger partial charge in [0.2, 0.25) is 0 Å². The van der Waals surface area contributed by atoms with Gasteiger partial charge in [-0.3, -0.25) is 19.2 Å². The minimum atomic E-state index is -0.395. The average Bonchev–Trinajstić information content (AvgIpc) is 2.76.